The van der Waals surface area contributed by atoms with Crippen molar-refractivity contribution in [3.63, 3.8) is 0 Å². The molecule has 2 aromatic rings. The van der Waals surface area contributed by atoms with Gasteiger partial charge in [-0.3, -0.25) is 14.9 Å². The average Bonchev–Trinajstić information content (AvgIpc) is 2.55. The molecule has 1 unspecified atom stereocenters. The van der Waals surface area contributed by atoms with Crippen molar-refractivity contribution in [3.8, 4) is 0 Å². The Morgan fingerprint density at radius 3 is 2.76 bits per heavy atom. The zero-order valence-corrected chi connectivity index (χ0v) is 13.1. The topological polar surface area (TPSA) is 98.5 Å². The first-order chi connectivity index (χ1) is 11.8. The number of benzene rings is 2. The van der Waals surface area contributed by atoms with Gasteiger partial charge in [0.05, 0.1) is 10.5 Å². The summed E-state index contributed by atoms with van der Waals surface area (Å²) in [5.41, 5.74) is 1.41. The van der Waals surface area contributed by atoms with Crippen molar-refractivity contribution in [1.29, 1.82) is 0 Å². The Bertz CT molecular complexity index is 897. The van der Waals surface area contributed by atoms with Crippen LogP contribution < -0.4 is 5.32 Å². The number of nitro benzene ring substituents is 1. The van der Waals surface area contributed by atoms with E-state index in [9.17, 15) is 24.1 Å². The second-order valence-corrected chi connectivity index (χ2v) is 5.65. The van der Waals surface area contributed by atoms with E-state index in [1.165, 1.54) is 30.3 Å². The smallest absolute Gasteiger partial charge is 0.339 e. The molecule has 1 N–H and O–H groups in total. The van der Waals surface area contributed by atoms with Crippen LogP contribution in [0.25, 0.3) is 0 Å². The molecule has 0 radical (unpaired) electrons. The van der Waals surface area contributed by atoms with Crippen LogP contribution >= 0.6 is 0 Å². The maximum absolute atomic E-state index is 13.3. The molecule has 2 aromatic carbocycles. The third kappa shape index (κ3) is 3.32. The molecule has 0 aromatic heterocycles. The molecule has 0 spiro atoms. The predicted molar refractivity (Wildman–Crippen MR) is 85.8 cm³/mol. The van der Waals surface area contributed by atoms with Crippen LogP contribution in [0.1, 0.15) is 21.5 Å². The summed E-state index contributed by atoms with van der Waals surface area (Å²) < 4.78 is 18.5. The SMILES string of the molecule is Cc1cc([N+](=O)[O-])ccc1NC(=O)C1Cc2cc(F)ccc2C(=O)O1. The Labute approximate surface area is 141 Å². The number of nitro groups is 1. The van der Waals surface area contributed by atoms with Gasteiger partial charge in [0.15, 0.2) is 6.10 Å². The molecule has 128 valence electrons. The first kappa shape index (κ1) is 16.6. The van der Waals surface area contributed by atoms with E-state index >= 15 is 0 Å². The van der Waals surface area contributed by atoms with Crippen molar-refractivity contribution < 1.29 is 23.6 Å². The fourth-order valence-electron chi connectivity index (χ4n) is 2.63. The number of cyclic esters (lactones) is 1. The molecule has 1 aliphatic rings. The van der Waals surface area contributed by atoms with E-state index in [0.29, 0.717) is 16.8 Å². The summed E-state index contributed by atoms with van der Waals surface area (Å²) in [5.74, 6) is -1.78. The molecule has 0 saturated heterocycles. The van der Waals surface area contributed by atoms with Crippen LogP contribution in [0, 0.1) is 22.9 Å². The number of aryl methyl sites for hydroxylation is 1. The largest absolute Gasteiger partial charge is 0.448 e. The molecule has 1 atom stereocenters. The lowest BCUT2D eigenvalue weighted by molar-refractivity contribution is -0.384. The van der Waals surface area contributed by atoms with Crippen molar-refractivity contribution in [2.75, 3.05) is 5.32 Å². The number of fused-ring (bicyclic) bond motifs is 1. The summed E-state index contributed by atoms with van der Waals surface area (Å²) in [5, 5.41) is 13.3. The van der Waals surface area contributed by atoms with E-state index in [0.717, 1.165) is 6.07 Å². The summed E-state index contributed by atoms with van der Waals surface area (Å²) in [4.78, 5) is 34.5. The van der Waals surface area contributed by atoms with Crippen molar-refractivity contribution >= 4 is 23.3 Å². The van der Waals surface area contributed by atoms with Crippen molar-refractivity contribution in [1.82, 2.24) is 0 Å². The van der Waals surface area contributed by atoms with E-state index < -0.39 is 28.7 Å². The molecule has 8 heteroatoms. The number of carbonyl (C=O) groups is 2. The fourth-order valence-corrected chi connectivity index (χ4v) is 2.63. The van der Waals surface area contributed by atoms with Crippen LogP contribution in [-0.2, 0) is 16.0 Å². The Balaban J connectivity index is 1.78. The minimum atomic E-state index is -1.10. The highest BCUT2D eigenvalue weighted by Crippen LogP contribution is 2.25. The van der Waals surface area contributed by atoms with Gasteiger partial charge in [-0.1, -0.05) is 0 Å². The van der Waals surface area contributed by atoms with E-state index in [1.807, 2.05) is 0 Å². The molecule has 0 fully saturated rings. The van der Waals surface area contributed by atoms with Crippen LogP contribution in [0.2, 0.25) is 0 Å². The maximum atomic E-state index is 13.3. The number of rotatable bonds is 3. The first-order valence-corrected chi connectivity index (χ1v) is 7.40. The minimum Gasteiger partial charge on any atom is -0.448 e. The number of ether oxygens (including phenoxy) is 1. The number of amides is 1. The standard InChI is InChI=1S/C17H13FN2O5/c1-9-6-12(20(23)24)3-5-14(9)19-16(21)15-8-10-7-11(18)2-4-13(10)17(22)25-15/h2-7,15H,8H2,1H3,(H,19,21). The lowest BCUT2D eigenvalue weighted by Crippen LogP contribution is -2.38. The number of anilines is 1. The van der Waals surface area contributed by atoms with Crippen molar-refractivity contribution in [2.45, 2.75) is 19.4 Å². The van der Waals surface area contributed by atoms with E-state index in [-0.39, 0.29) is 17.7 Å². The summed E-state index contributed by atoms with van der Waals surface area (Å²) >= 11 is 0. The maximum Gasteiger partial charge on any atom is 0.339 e. The van der Waals surface area contributed by atoms with Crippen LogP contribution in [0.4, 0.5) is 15.8 Å². The molecule has 0 bridgehead atoms. The predicted octanol–water partition coefficient (Wildman–Crippen LogP) is 2.76. The summed E-state index contributed by atoms with van der Waals surface area (Å²) in [6.07, 6.45) is -1.05. The highest BCUT2D eigenvalue weighted by Gasteiger charge is 2.31. The lowest BCUT2D eigenvalue weighted by atomic mass is 9.98. The summed E-state index contributed by atoms with van der Waals surface area (Å²) in [7, 11) is 0. The number of esters is 1. The number of nitrogens with one attached hydrogen (secondary N) is 1. The number of halogens is 1. The highest BCUT2D eigenvalue weighted by molar-refractivity contribution is 6.00. The van der Waals surface area contributed by atoms with Gasteiger partial charge in [-0.15, -0.1) is 0 Å². The van der Waals surface area contributed by atoms with Crippen LogP contribution in [0.5, 0.6) is 0 Å². The molecular weight excluding hydrogens is 331 g/mol. The average molecular weight is 344 g/mol. The second kappa shape index (κ2) is 6.31. The molecule has 1 heterocycles. The van der Waals surface area contributed by atoms with Gasteiger partial charge < -0.3 is 10.1 Å². The Morgan fingerprint density at radius 1 is 1.32 bits per heavy atom. The minimum absolute atomic E-state index is 0.0523. The van der Waals surface area contributed by atoms with Crippen LogP contribution in [0.15, 0.2) is 36.4 Å². The third-order valence-electron chi connectivity index (χ3n) is 3.91. The van der Waals surface area contributed by atoms with Crippen LogP contribution in [0.3, 0.4) is 0 Å². The quantitative estimate of drug-likeness (QED) is 0.524. The molecule has 0 aliphatic carbocycles. The normalized spacial score (nSPS) is 15.9. The summed E-state index contributed by atoms with van der Waals surface area (Å²) in [6.45, 7) is 1.61. The first-order valence-electron chi connectivity index (χ1n) is 7.40. The van der Waals surface area contributed by atoms with E-state index in [2.05, 4.69) is 5.32 Å². The van der Waals surface area contributed by atoms with Gasteiger partial charge >= 0.3 is 5.97 Å². The van der Waals surface area contributed by atoms with Gasteiger partial charge in [0.2, 0.25) is 0 Å². The van der Waals surface area contributed by atoms with Gasteiger partial charge in [-0.2, -0.15) is 0 Å². The number of carbonyl (C=O) groups excluding carboxylic acids is 2. The molecule has 7 nitrogen and oxygen atoms in total. The van der Waals surface area contributed by atoms with Crippen molar-refractivity contribution in [2.24, 2.45) is 0 Å². The Morgan fingerprint density at radius 2 is 2.08 bits per heavy atom. The zero-order chi connectivity index (χ0) is 18.1. The van der Waals surface area contributed by atoms with E-state index in [4.69, 9.17) is 4.74 Å². The molecule has 3 rings (SSSR count). The number of non-ortho nitro benzene ring substituents is 1. The van der Waals surface area contributed by atoms with E-state index in [1.54, 1.807) is 6.92 Å². The number of nitrogens with zero attached hydrogens (tertiary/aromatic N) is 1. The molecule has 1 amide bonds. The summed E-state index contributed by atoms with van der Waals surface area (Å²) in [6, 6.07) is 7.67. The second-order valence-electron chi connectivity index (χ2n) is 5.65. The molecular formula is C17H13FN2O5. The number of hydrogen-bond donors (Lipinski definition) is 1. The van der Waals surface area contributed by atoms with Gasteiger partial charge in [0, 0.05) is 24.2 Å². The van der Waals surface area contributed by atoms with Crippen LogP contribution in [-0.4, -0.2) is 22.9 Å². The monoisotopic (exact) mass is 344 g/mol. The molecule has 0 saturated carbocycles. The Kier molecular flexibility index (Phi) is 4.18. The lowest BCUT2D eigenvalue weighted by Gasteiger charge is -2.24. The molecule has 25 heavy (non-hydrogen) atoms. The fraction of sp³-hybridized carbons (Fsp3) is 0.176. The van der Waals surface area contributed by atoms with Crippen molar-refractivity contribution in [3.05, 3.63) is 69.0 Å². The third-order valence-corrected chi connectivity index (χ3v) is 3.91. The van der Waals surface area contributed by atoms with Gasteiger partial charge in [0.25, 0.3) is 11.6 Å². The number of hydrogen-bond acceptors (Lipinski definition) is 5. The zero-order valence-electron chi connectivity index (χ0n) is 13.1. The van der Waals surface area contributed by atoms with Gasteiger partial charge in [-0.25, -0.2) is 9.18 Å². The molecule has 1 aliphatic heterocycles. The Hall–Kier alpha value is -3.29. The van der Waals surface area contributed by atoms with Gasteiger partial charge in [0.1, 0.15) is 5.82 Å². The highest BCUT2D eigenvalue weighted by atomic mass is 19.1. The van der Waals surface area contributed by atoms with Gasteiger partial charge in [-0.05, 0) is 42.3 Å².